The van der Waals surface area contributed by atoms with Crippen molar-refractivity contribution in [1.82, 2.24) is 0 Å². The summed E-state index contributed by atoms with van der Waals surface area (Å²) in [6.45, 7) is 36.4. The van der Waals surface area contributed by atoms with E-state index in [2.05, 4.69) is 113 Å². The van der Waals surface area contributed by atoms with Crippen LogP contribution in [0.5, 0.6) is 0 Å². The summed E-state index contributed by atoms with van der Waals surface area (Å²) in [5.41, 5.74) is 1.30. The molecule has 0 bridgehead atoms. The summed E-state index contributed by atoms with van der Waals surface area (Å²) in [6, 6.07) is 0.918. The van der Waals surface area contributed by atoms with Gasteiger partial charge in [0.05, 0.1) is 0 Å². The molecule has 0 saturated heterocycles. The summed E-state index contributed by atoms with van der Waals surface area (Å²) in [5, 5.41) is 4.25. The predicted octanol–water partition coefficient (Wildman–Crippen LogP) is 4.30. The zero-order chi connectivity index (χ0) is 28.0. The van der Waals surface area contributed by atoms with E-state index in [0.29, 0.717) is 18.0 Å². The van der Waals surface area contributed by atoms with Crippen LogP contribution in [0.25, 0.3) is 5.32 Å². The number of aliphatic imine (C=N–C) groups is 1. The van der Waals surface area contributed by atoms with Crippen LogP contribution in [0.3, 0.4) is 0 Å². The van der Waals surface area contributed by atoms with Crippen LogP contribution in [-0.2, 0) is 67.7 Å². The van der Waals surface area contributed by atoms with Crippen molar-refractivity contribution < 1.29 is 67.7 Å². The van der Waals surface area contributed by atoms with Crippen molar-refractivity contribution in [3.05, 3.63) is 29.2 Å². The molecule has 0 N–H and O–H groups in total. The number of rotatable bonds is 7. The molecule has 0 heterocycles. The van der Waals surface area contributed by atoms with E-state index in [0.717, 1.165) is 12.8 Å². The molecule has 0 aromatic rings. The van der Waals surface area contributed by atoms with Crippen LogP contribution < -0.4 is 0 Å². The Hall–Kier alpha value is -1.78. The Morgan fingerprint density at radius 1 is 0.794 bits per heavy atom. The quantitative estimate of drug-likeness (QED) is 0.174. The minimum absolute atomic E-state index is 0. The first-order chi connectivity index (χ1) is 15.3. The van der Waals surface area contributed by atoms with Crippen LogP contribution >= 0.6 is 0 Å². The minimum atomic E-state index is 0. The summed E-state index contributed by atoms with van der Waals surface area (Å²) in [6.07, 6.45) is 11.1. The zero-order valence-electron chi connectivity index (χ0n) is 21.4. The van der Waals surface area contributed by atoms with Gasteiger partial charge in [-0.05, 0) is 33.3 Å². The fourth-order valence-corrected chi connectivity index (χ4v) is 0.869. The Balaban J connectivity index is -0.0000000281. The van der Waals surface area contributed by atoms with Gasteiger partial charge < -0.3 is 46.4 Å². The molecule has 8 nitrogen and oxygen atoms in total. The smallest absolute Gasteiger partial charge is 0.718 e. The van der Waals surface area contributed by atoms with E-state index >= 15 is 0 Å². The van der Waals surface area contributed by atoms with E-state index in [4.69, 9.17) is 28.8 Å². The van der Waals surface area contributed by atoms with E-state index in [9.17, 15) is 0 Å². The van der Waals surface area contributed by atoms with Gasteiger partial charge in [-0.25, -0.2) is 0 Å². The molecule has 0 saturated carbocycles. The van der Waals surface area contributed by atoms with Crippen LogP contribution in [0.2, 0.25) is 0 Å². The maximum atomic E-state index is 7.75. The summed E-state index contributed by atoms with van der Waals surface area (Å²) in [5.74, 6) is 0.493. The molecule has 10 heteroatoms. The van der Waals surface area contributed by atoms with E-state index < -0.39 is 0 Å². The van der Waals surface area contributed by atoms with Gasteiger partial charge in [-0.2, -0.15) is 5.92 Å². The third kappa shape index (κ3) is 128. The first-order valence-corrected chi connectivity index (χ1v) is 9.19. The van der Waals surface area contributed by atoms with Crippen molar-refractivity contribution in [1.29, 1.82) is 0 Å². The van der Waals surface area contributed by atoms with E-state index in [-0.39, 0.29) is 39.0 Å². The zero-order valence-corrected chi connectivity index (χ0v) is 24.9. The normalized spacial score (nSPS) is 8.97. The topological polar surface area (TPSA) is 129 Å². The molecule has 0 rings (SSSR count). The van der Waals surface area contributed by atoms with Crippen molar-refractivity contribution >= 4 is 46.9 Å². The van der Waals surface area contributed by atoms with Crippen molar-refractivity contribution in [3.63, 3.8) is 0 Å². The fourth-order valence-electron chi connectivity index (χ4n) is 0.869. The van der Waals surface area contributed by atoms with Crippen molar-refractivity contribution in [2.75, 3.05) is 0 Å². The first-order valence-electron chi connectivity index (χ1n) is 9.19. The number of nitrogens with zero attached hydrogens (tertiary/aromatic N) is 2. The van der Waals surface area contributed by atoms with Crippen LogP contribution in [-0.4, -0.2) is 59.0 Å². The van der Waals surface area contributed by atoms with E-state index in [1.54, 1.807) is 6.20 Å². The molecule has 34 heavy (non-hydrogen) atoms. The van der Waals surface area contributed by atoms with E-state index in [1.807, 2.05) is 12.3 Å². The SMILES string of the molecule is CCC(C)N=CC=C(C)C.CCC(C)[N-]C=[C-]C(C)C.[CH-]=O.[CH-]=O.[CH-]=O.[CH-]=O.[CH-]=O.[CH-]=O.[Ru+4].[Ru+5]. The van der Waals surface area contributed by atoms with Crippen LogP contribution in [0, 0.1) is 12.0 Å². The van der Waals surface area contributed by atoms with E-state index in [1.165, 1.54) is 5.57 Å². The van der Waals surface area contributed by atoms with Crippen LogP contribution in [0.1, 0.15) is 68.2 Å². The van der Waals surface area contributed by atoms with Crippen molar-refractivity contribution in [2.45, 2.75) is 80.3 Å². The number of hydrogen-bond acceptors (Lipinski definition) is 7. The van der Waals surface area contributed by atoms with Gasteiger partial charge in [-0.3, -0.25) is 45.7 Å². The second kappa shape index (κ2) is 85.9. The minimum Gasteiger partial charge on any atom is -0.718 e. The second-order valence-corrected chi connectivity index (χ2v) is 5.66. The molecular weight excluding hydrogens is 614 g/mol. The Bertz CT molecular complexity index is 380. The van der Waals surface area contributed by atoms with Gasteiger partial charge in [-0.1, -0.05) is 46.6 Å². The Labute approximate surface area is 234 Å². The van der Waals surface area contributed by atoms with Gasteiger partial charge >= 0.3 is 39.0 Å². The molecule has 0 aliphatic carbocycles. The van der Waals surface area contributed by atoms with Gasteiger partial charge in [0.15, 0.2) is 0 Å². The average Bonchev–Trinajstić information content (AvgIpc) is 2.86. The molecule has 0 amide bonds. The predicted molar refractivity (Wildman–Crippen MR) is 134 cm³/mol. The van der Waals surface area contributed by atoms with Crippen molar-refractivity contribution in [3.8, 4) is 0 Å². The maximum absolute atomic E-state index is 7.75. The number of allylic oxidation sites excluding steroid dienone is 3. The van der Waals surface area contributed by atoms with Crippen LogP contribution in [0.15, 0.2) is 22.8 Å². The van der Waals surface area contributed by atoms with Gasteiger partial charge in [0.1, 0.15) is 0 Å². The fraction of sp³-hybridized carbons (Fsp3) is 0.542. The number of carbonyl (C=O) groups excluding carboxylic acids is 6. The summed E-state index contributed by atoms with van der Waals surface area (Å²) in [4.78, 5) is 50.8. The molecule has 0 fully saturated rings. The van der Waals surface area contributed by atoms with Gasteiger partial charge in [0, 0.05) is 12.3 Å². The molecule has 0 spiro atoms. The Morgan fingerprint density at radius 3 is 1.38 bits per heavy atom. The molecular formula is C24H40N2O6Ru2+. The first kappa shape index (κ1) is 63.6. The third-order valence-electron chi connectivity index (χ3n) is 2.67. The molecule has 0 aliphatic heterocycles. The molecule has 0 aromatic carbocycles. The molecule has 0 aliphatic rings. The van der Waals surface area contributed by atoms with Gasteiger partial charge in [0.25, 0.3) is 0 Å². The molecule has 1 radical (unpaired) electrons. The maximum Gasteiger partial charge on any atom is 5.00 e. The second-order valence-electron chi connectivity index (χ2n) is 5.66. The Kier molecular flexibility index (Phi) is 161. The summed E-state index contributed by atoms with van der Waals surface area (Å²) < 4.78 is 0. The largest absolute Gasteiger partial charge is 5.00 e. The van der Waals surface area contributed by atoms with Gasteiger partial charge in [0.2, 0.25) is 0 Å². The van der Waals surface area contributed by atoms with Crippen molar-refractivity contribution in [2.24, 2.45) is 10.9 Å². The van der Waals surface area contributed by atoms with Gasteiger partial charge in [-0.15, -0.1) is 6.04 Å². The molecule has 197 valence electrons. The average molecular weight is 655 g/mol. The third-order valence-corrected chi connectivity index (χ3v) is 2.67. The standard InChI is InChI=1S/2C9H17N.6CHO.2Ru/c2*1-5-9(4)10-7-6-8(2)3;6*1-2;;/h7-9H,5H2,1-4H3;6-7,9H,5H2,1-4H3;6*1H;;/q-2;;6*-1;+4;+5. The molecule has 0 aromatic heterocycles. The molecule has 2 unspecified atom stereocenters. The van der Waals surface area contributed by atoms with Crippen LogP contribution in [0.4, 0.5) is 0 Å². The summed E-state index contributed by atoms with van der Waals surface area (Å²) in [7, 11) is 0. The monoisotopic (exact) mass is 656 g/mol. The summed E-state index contributed by atoms with van der Waals surface area (Å²) >= 11 is 0. The molecule has 2 atom stereocenters. The Morgan fingerprint density at radius 2 is 1.15 bits per heavy atom. The number of hydrogen-bond donors (Lipinski definition) is 0.